The predicted octanol–water partition coefficient (Wildman–Crippen LogP) is 3.80. The highest BCUT2D eigenvalue weighted by atomic mass is 32.2. The second-order valence-corrected chi connectivity index (χ2v) is 7.19. The third-order valence-corrected chi connectivity index (χ3v) is 4.81. The molecule has 0 aliphatic carbocycles. The quantitative estimate of drug-likeness (QED) is 0.442. The monoisotopic (exact) mass is 424 g/mol. The SMILES string of the molecule is CC(=O)c1ccc(NC(=O)CSc2ccc(NC(=O)c3cccc(F)c3)nn2)cc1. The Kier molecular flexibility index (Phi) is 6.87. The average molecular weight is 424 g/mol. The van der Waals surface area contributed by atoms with E-state index in [0.29, 0.717) is 16.3 Å². The number of thioether (sulfide) groups is 1. The highest BCUT2D eigenvalue weighted by molar-refractivity contribution is 7.99. The van der Waals surface area contributed by atoms with Crippen molar-refractivity contribution in [3.05, 3.63) is 77.6 Å². The maximum atomic E-state index is 13.2. The number of nitrogens with one attached hydrogen (secondary N) is 2. The van der Waals surface area contributed by atoms with E-state index in [1.165, 1.54) is 36.9 Å². The van der Waals surface area contributed by atoms with Gasteiger partial charge in [0.15, 0.2) is 11.6 Å². The number of hydrogen-bond donors (Lipinski definition) is 2. The van der Waals surface area contributed by atoms with Crippen LogP contribution < -0.4 is 10.6 Å². The standard InChI is InChI=1S/C21H17FN4O3S/c1-13(27)14-5-7-17(8-6-14)23-19(28)12-30-20-10-9-18(25-26-20)24-21(29)15-3-2-4-16(22)11-15/h2-11H,12H2,1H3,(H,23,28)(H,24,25,29). The zero-order valence-electron chi connectivity index (χ0n) is 15.9. The molecule has 0 atom stereocenters. The van der Waals surface area contributed by atoms with Gasteiger partial charge in [0.2, 0.25) is 5.91 Å². The molecule has 3 rings (SSSR count). The molecule has 0 saturated heterocycles. The minimum Gasteiger partial charge on any atom is -0.325 e. The van der Waals surface area contributed by atoms with E-state index in [0.717, 1.165) is 6.07 Å². The molecule has 2 N–H and O–H groups in total. The molecule has 0 aliphatic rings. The zero-order chi connectivity index (χ0) is 21.5. The topological polar surface area (TPSA) is 101 Å². The van der Waals surface area contributed by atoms with Crippen molar-refractivity contribution in [2.24, 2.45) is 0 Å². The van der Waals surface area contributed by atoms with Crippen LogP contribution in [-0.2, 0) is 4.79 Å². The van der Waals surface area contributed by atoms with E-state index in [-0.39, 0.29) is 28.8 Å². The smallest absolute Gasteiger partial charge is 0.256 e. The van der Waals surface area contributed by atoms with Gasteiger partial charge in [-0.25, -0.2) is 4.39 Å². The van der Waals surface area contributed by atoms with Gasteiger partial charge in [-0.3, -0.25) is 14.4 Å². The first-order valence-electron chi connectivity index (χ1n) is 8.85. The second kappa shape index (κ2) is 9.75. The first-order valence-corrected chi connectivity index (χ1v) is 9.83. The Morgan fingerprint density at radius 3 is 2.33 bits per heavy atom. The van der Waals surface area contributed by atoms with Gasteiger partial charge < -0.3 is 10.6 Å². The predicted molar refractivity (Wildman–Crippen MR) is 112 cm³/mol. The van der Waals surface area contributed by atoms with Crippen LogP contribution in [0.2, 0.25) is 0 Å². The summed E-state index contributed by atoms with van der Waals surface area (Å²) in [4.78, 5) is 35.4. The summed E-state index contributed by atoms with van der Waals surface area (Å²) in [5, 5.41) is 13.6. The summed E-state index contributed by atoms with van der Waals surface area (Å²) >= 11 is 1.18. The van der Waals surface area contributed by atoms with E-state index in [2.05, 4.69) is 20.8 Å². The van der Waals surface area contributed by atoms with Gasteiger partial charge >= 0.3 is 0 Å². The molecule has 2 amide bonds. The summed E-state index contributed by atoms with van der Waals surface area (Å²) in [7, 11) is 0. The van der Waals surface area contributed by atoms with Crippen molar-refractivity contribution in [2.45, 2.75) is 11.9 Å². The molecule has 3 aromatic rings. The van der Waals surface area contributed by atoms with Crippen LogP contribution in [0.15, 0.2) is 65.7 Å². The van der Waals surface area contributed by atoms with Gasteiger partial charge in [-0.1, -0.05) is 17.8 Å². The largest absolute Gasteiger partial charge is 0.325 e. The molecule has 2 aromatic carbocycles. The van der Waals surface area contributed by atoms with Crippen molar-refractivity contribution in [1.82, 2.24) is 10.2 Å². The summed E-state index contributed by atoms with van der Waals surface area (Å²) < 4.78 is 13.2. The van der Waals surface area contributed by atoms with Gasteiger partial charge in [-0.15, -0.1) is 10.2 Å². The third kappa shape index (κ3) is 5.95. The van der Waals surface area contributed by atoms with Crippen LogP contribution in [0.4, 0.5) is 15.9 Å². The maximum Gasteiger partial charge on any atom is 0.256 e. The molecule has 7 nitrogen and oxygen atoms in total. The molecule has 0 unspecified atom stereocenters. The summed E-state index contributed by atoms with van der Waals surface area (Å²) in [5.41, 5.74) is 1.33. The van der Waals surface area contributed by atoms with Crippen LogP contribution in [0, 0.1) is 5.82 Å². The lowest BCUT2D eigenvalue weighted by atomic mass is 10.1. The molecule has 0 spiro atoms. The highest BCUT2D eigenvalue weighted by Crippen LogP contribution is 2.17. The first kappa shape index (κ1) is 21.1. The second-order valence-electron chi connectivity index (χ2n) is 6.19. The Bertz CT molecular complexity index is 1070. The lowest BCUT2D eigenvalue weighted by molar-refractivity contribution is -0.113. The van der Waals surface area contributed by atoms with Crippen LogP contribution in [0.3, 0.4) is 0 Å². The number of benzene rings is 2. The molecule has 1 aromatic heterocycles. The van der Waals surface area contributed by atoms with Crippen molar-refractivity contribution in [1.29, 1.82) is 0 Å². The van der Waals surface area contributed by atoms with E-state index >= 15 is 0 Å². The number of ketones is 1. The Labute approximate surface area is 176 Å². The zero-order valence-corrected chi connectivity index (χ0v) is 16.7. The lowest BCUT2D eigenvalue weighted by Gasteiger charge is -2.06. The first-order chi connectivity index (χ1) is 14.4. The Hall–Kier alpha value is -3.59. The van der Waals surface area contributed by atoms with Gasteiger partial charge in [-0.2, -0.15) is 0 Å². The fourth-order valence-electron chi connectivity index (χ4n) is 2.41. The molecular formula is C21H17FN4O3S. The molecule has 0 fully saturated rings. The normalized spacial score (nSPS) is 10.3. The van der Waals surface area contributed by atoms with Crippen LogP contribution >= 0.6 is 11.8 Å². The van der Waals surface area contributed by atoms with Crippen molar-refractivity contribution >= 4 is 40.9 Å². The Morgan fingerprint density at radius 2 is 1.70 bits per heavy atom. The number of amides is 2. The Balaban J connectivity index is 1.49. The summed E-state index contributed by atoms with van der Waals surface area (Å²) in [6, 6.07) is 15.1. The fraction of sp³-hybridized carbons (Fsp3) is 0.0952. The summed E-state index contributed by atoms with van der Waals surface area (Å²) in [6.07, 6.45) is 0. The third-order valence-electron chi connectivity index (χ3n) is 3.89. The average Bonchev–Trinajstić information content (AvgIpc) is 2.73. The summed E-state index contributed by atoms with van der Waals surface area (Å²) in [5.74, 6) is -0.965. The van der Waals surface area contributed by atoms with Crippen LogP contribution in [-0.4, -0.2) is 33.5 Å². The Morgan fingerprint density at radius 1 is 0.933 bits per heavy atom. The molecule has 9 heteroatoms. The molecule has 0 bridgehead atoms. The van der Waals surface area contributed by atoms with E-state index < -0.39 is 11.7 Å². The van der Waals surface area contributed by atoms with Gasteiger partial charge in [0.25, 0.3) is 5.91 Å². The number of rotatable bonds is 7. The van der Waals surface area contributed by atoms with E-state index in [1.807, 2.05) is 0 Å². The molecule has 0 aliphatic heterocycles. The number of nitrogens with zero attached hydrogens (tertiary/aromatic N) is 2. The van der Waals surface area contributed by atoms with Gasteiger partial charge in [-0.05, 0) is 61.5 Å². The van der Waals surface area contributed by atoms with Crippen molar-refractivity contribution < 1.29 is 18.8 Å². The number of anilines is 2. The minimum absolute atomic E-state index is 0.0439. The molecular weight excluding hydrogens is 407 g/mol. The van der Waals surface area contributed by atoms with Crippen LogP contribution in [0.5, 0.6) is 0 Å². The van der Waals surface area contributed by atoms with E-state index in [4.69, 9.17) is 0 Å². The van der Waals surface area contributed by atoms with Gasteiger partial charge in [0.1, 0.15) is 10.8 Å². The van der Waals surface area contributed by atoms with Crippen molar-refractivity contribution in [3.8, 4) is 0 Å². The lowest BCUT2D eigenvalue weighted by Crippen LogP contribution is -2.15. The number of halogens is 1. The van der Waals surface area contributed by atoms with Crippen LogP contribution in [0.25, 0.3) is 0 Å². The number of aromatic nitrogens is 2. The molecule has 0 saturated carbocycles. The molecule has 1 heterocycles. The van der Waals surface area contributed by atoms with Crippen LogP contribution in [0.1, 0.15) is 27.6 Å². The summed E-state index contributed by atoms with van der Waals surface area (Å²) in [6.45, 7) is 1.48. The maximum absolute atomic E-state index is 13.2. The van der Waals surface area contributed by atoms with Gasteiger partial charge in [0, 0.05) is 16.8 Å². The number of carbonyl (C=O) groups is 3. The highest BCUT2D eigenvalue weighted by Gasteiger charge is 2.09. The molecule has 0 radical (unpaired) electrons. The fourth-order valence-corrected chi connectivity index (χ4v) is 3.02. The van der Waals surface area contributed by atoms with Gasteiger partial charge in [0.05, 0.1) is 5.75 Å². The number of Topliss-reactive ketones (excluding diaryl/α,β-unsaturated/α-hetero) is 1. The molecule has 152 valence electrons. The number of carbonyl (C=O) groups excluding carboxylic acids is 3. The van der Waals surface area contributed by atoms with E-state index in [9.17, 15) is 18.8 Å². The molecule has 30 heavy (non-hydrogen) atoms. The van der Waals surface area contributed by atoms with E-state index in [1.54, 1.807) is 36.4 Å². The minimum atomic E-state index is -0.506. The van der Waals surface area contributed by atoms with Crippen molar-refractivity contribution in [2.75, 3.05) is 16.4 Å². The van der Waals surface area contributed by atoms with Crippen molar-refractivity contribution in [3.63, 3.8) is 0 Å². The number of hydrogen-bond acceptors (Lipinski definition) is 6.